The fourth-order valence-electron chi connectivity index (χ4n) is 1.72. The third-order valence-electron chi connectivity index (χ3n) is 3.02. The molecule has 3 atom stereocenters. The molecule has 1 aromatic carbocycles. The summed E-state index contributed by atoms with van der Waals surface area (Å²) >= 11 is -1.77. The smallest absolute Gasteiger partial charge is 0.340 e. The van der Waals surface area contributed by atoms with Crippen LogP contribution in [0.5, 0.6) is 0 Å². The molecule has 0 radical (unpaired) electrons. The van der Waals surface area contributed by atoms with E-state index in [4.69, 9.17) is 5.11 Å². The third-order valence-corrected chi connectivity index (χ3v) is 4.74. The molecule has 0 bridgehead atoms. The first-order valence-electron chi connectivity index (χ1n) is 6.31. The van der Waals surface area contributed by atoms with Gasteiger partial charge in [-0.25, -0.2) is 13.6 Å². The van der Waals surface area contributed by atoms with E-state index in [0.717, 1.165) is 6.07 Å². The Labute approximate surface area is 125 Å². The van der Waals surface area contributed by atoms with E-state index >= 15 is 0 Å². The van der Waals surface area contributed by atoms with Gasteiger partial charge in [-0.15, -0.1) is 4.72 Å². The van der Waals surface area contributed by atoms with Gasteiger partial charge in [0.2, 0.25) is 6.17 Å². The SMILES string of the molecule is CC(C)(C)[S+]([O-])N[C@](C)(c1ccccc1F)[C@H](F)C(=O)O. The van der Waals surface area contributed by atoms with Gasteiger partial charge in [-0.1, -0.05) is 18.2 Å². The molecule has 7 heteroatoms. The zero-order chi connectivity index (χ0) is 16.4. The van der Waals surface area contributed by atoms with Crippen molar-refractivity contribution in [1.29, 1.82) is 0 Å². The molecule has 0 aromatic heterocycles. The summed E-state index contributed by atoms with van der Waals surface area (Å²) in [5, 5.41) is 8.95. The first-order valence-corrected chi connectivity index (χ1v) is 7.46. The van der Waals surface area contributed by atoms with Crippen LogP contribution < -0.4 is 4.72 Å². The molecule has 1 aromatic rings. The van der Waals surface area contributed by atoms with E-state index < -0.39 is 39.6 Å². The summed E-state index contributed by atoms with van der Waals surface area (Å²) < 4.78 is 42.1. The number of hydrogen-bond acceptors (Lipinski definition) is 3. The van der Waals surface area contributed by atoms with Gasteiger partial charge in [0.25, 0.3) is 0 Å². The van der Waals surface area contributed by atoms with Crippen molar-refractivity contribution in [2.24, 2.45) is 0 Å². The Hall–Kier alpha value is -1.18. The summed E-state index contributed by atoms with van der Waals surface area (Å²) in [5.41, 5.74) is -2.13. The molecule has 0 saturated carbocycles. The number of benzene rings is 1. The molecule has 0 saturated heterocycles. The molecule has 1 unspecified atom stereocenters. The fraction of sp³-hybridized carbons (Fsp3) is 0.500. The summed E-state index contributed by atoms with van der Waals surface area (Å²) in [4.78, 5) is 11.0. The first kappa shape index (κ1) is 17.9. The molecule has 0 heterocycles. The van der Waals surface area contributed by atoms with E-state index in [2.05, 4.69) is 4.72 Å². The molecule has 0 aliphatic carbocycles. The lowest BCUT2D eigenvalue weighted by atomic mass is 9.88. The number of halogens is 2. The highest BCUT2D eigenvalue weighted by Crippen LogP contribution is 2.32. The maximum absolute atomic E-state index is 14.2. The Bertz CT molecular complexity index is 521. The first-order chi connectivity index (χ1) is 9.50. The molecule has 4 nitrogen and oxygen atoms in total. The number of hydrogen-bond donors (Lipinski definition) is 2. The predicted molar refractivity (Wildman–Crippen MR) is 77.3 cm³/mol. The van der Waals surface area contributed by atoms with Gasteiger partial charge in [-0.2, -0.15) is 0 Å². The molecule has 21 heavy (non-hydrogen) atoms. The van der Waals surface area contributed by atoms with Crippen molar-refractivity contribution in [2.75, 3.05) is 0 Å². The van der Waals surface area contributed by atoms with Crippen LogP contribution in [0, 0.1) is 5.82 Å². The Kier molecular flexibility index (Phi) is 5.35. The van der Waals surface area contributed by atoms with Gasteiger partial charge in [-0.3, -0.25) is 0 Å². The molecule has 2 N–H and O–H groups in total. The number of alkyl halides is 1. The average molecular weight is 319 g/mol. The summed E-state index contributed by atoms with van der Waals surface area (Å²) in [6.07, 6.45) is -2.46. The standard InChI is InChI=1S/C14H19F2NO3S/c1-13(2,3)21(20)17-14(4,11(16)12(18)19)9-7-5-6-8-10(9)15/h5-8,11,17H,1-4H3,(H,18,19)/t11-,14-,21?/m1/s1. The van der Waals surface area contributed by atoms with E-state index in [-0.39, 0.29) is 5.56 Å². The number of nitrogens with one attached hydrogen (secondary N) is 1. The van der Waals surface area contributed by atoms with Crippen molar-refractivity contribution < 1.29 is 23.2 Å². The van der Waals surface area contributed by atoms with E-state index in [9.17, 15) is 18.1 Å². The molecular weight excluding hydrogens is 300 g/mol. The van der Waals surface area contributed by atoms with E-state index in [1.165, 1.54) is 25.1 Å². The van der Waals surface area contributed by atoms with Crippen molar-refractivity contribution in [3.63, 3.8) is 0 Å². The van der Waals surface area contributed by atoms with Gasteiger partial charge in [0.05, 0.1) is 0 Å². The van der Waals surface area contributed by atoms with Gasteiger partial charge in [0.15, 0.2) is 0 Å². The Balaban J connectivity index is 3.31. The summed E-state index contributed by atoms with van der Waals surface area (Å²) in [5.74, 6) is -2.51. The zero-order valence-electron chi connectivity index (χ0n) is 12.3. The van der Waals surface area contributed by atoms with Gasteiger partial charge >= 0.3 is 5.97 Å². The monoisotopic (exact) mass is 319 g/mol. The maximum atomic E-state index is 14.2. The van der Waals surface area contributed by atoms with Crippen LogP contribution in [0.3, 0.4) is 0 Å². The Morgan fingerprint density at radius 3 is 2.29 bits per heavy atom. The van der Waals surface area contributed by atoms with Crippen molar-refractivity contribution in [2.45, 2.75) is 44.2 Å². The zero-order valence-corrected chi connectivity index (χ0v) is 13.1. The van der Waals surface area contributed by atoms with Crippen molar-refractivity contribution >= 4 is 17.3 Å². The lowest BCUT2D eigenvalue weighted by Crippen LogP contribution is -2.56. The summed E-state index contributed by atoms with van der Waals surface area (Å²) in [6, 6.07) is 5.25. The highest BCUT2D eigenvalue weighted by atomic mass is 32.2. The number of carboxylic acid groups (broad SMARTS) is 1. The Morgan fingerprint density at radius 2 is 1.86 bits per heavy atom. The van der Waals surface area contributed by atoms with E-state index in [1.54, 1.807) is 20.8 Å². The van der Waals surface area contributed by atoms with Gasteiger partial charge < -0.3 is 9.66 Å². The minimum absolute atomic E-state index is 0.183. The number of carbonyl (C=O) groups is 1. The van der Waals surface area contributed by atoms with Gasteiger partial charge in [0, 0.05) is 16.9 Å². The lowest BCUT2D eigenvalue weighted by molar-refractivity contribution is -0.145. The second kappa shape index (κ2) is 6.29. The highest BCUT2D eigenvalue weighted by molar-refractivity contribution is 7.90. The molecule has 0 aliphatic rings. The van der Waals surface area contributed by atoms with Gasteiger partial charge in [-0.05, 0) is 33.8 Å². The second-order valence-corrected chi connectivity index (χ2v) is 7.83. The van der Waals surface area contributed by atoms with Crippen LogP contribution in [0.15, 0.2) is 24.3 Å². The second-order valence-electron chi connectivity index (χ2n) is 5.87. The summed E-state index contributed by atoms with van der Waals surface area (Å²) in [7, 11) is 0. The van der Waals surface area contributed by atoms with Gasteiger partial charge in [0.1, 0.15) is 16.1 Å². The molecule has 0 aliphatic heterocycles. The van der Waals surface area contributed by atoms with Crippen LogP contribution in [-0.2, 0) is 21.7 Å². The van der Waals surface area contributed by atoms with Crippen LogP contribution in [-0.4, -0.2) is 26.5 Å². The quantitative estimate of drug-likeness (QED) is 0.818. The average Bonchev–Trinajstić information content (AvgIpc) is 2.36. The molecule has 1 rings (SSSR count). The van der Waals surface area contributed by atoms with E-state index in [1.807, 2.05) is 0 Å². The highest BCUT2D eigenvalue weighted by Gasteiger charge is 2.48. The minimum atomic E-state index is -2.46. The van der Waals surface area contributed by atoms with Crippen LogP contribution in [0.25, 0.3) is 0 Å². The number of carboxylic acids is 1. The molecular formula is C14H19F2NO3S. The topological polar surface area (TPSA) is 72.4 Å². The van der Waals surface area contributed by atoms with Crippen molar-refractivity contribution in [3.8, 4) is 0 Å². The molecule has 0 spiro atoms. The van der Waals surface area contributed by atoms with Crippen LogP contribution in [0.1, 0.15) is 33.3 Å². The number of rotatable bonds is 5. The molecule has 0 amide bonds. The normalized spacial score (nSPS) is 17.9. The Morgan fingerprint density at radius 1 is 1.33 bits per heavy atom. The van der Waals surface area contributed by atoms with Crippen molar-refractivity contribution in [3.05, 3.63) is 35.6 Å². The minimum Gasteiger partial charge on any atom is -0.598 e. The predicted octanol–water partition coefficient (Wildman–Crippen LogP) is 2.52. The number of aliphatic carboxylic acids is 1. The van der Waals surface area contributed by atoms with E-state index in [0.29, 0.717) is 0 Å². The third kappa shape index (κ3) is 3.93. The molecule has 0 fully saturated rings. The van der Waals surface area contributed by atoms with Crippen LogP contribution in [0.4, 0.5) is 8.78 Å². The largest absolute Gasteiger partial charge is 0.598 e. The van der Waals surface area contributed by atoms with Crippen LogP contribution >= 0.6 is 0 Å². The summed E-state index contributed by atoms with van der Waals surface area (Å²) in [6.45, 7) is 6.12. The lowest BCUT2D eigenvalue weighted by Gasteiger charge is -2.35. The fourth-order valence-corrected chi connectivity index (χ4v) is 2.62. The molecule has 118 valence electrons. The maximum Gasteiger partial charge on any atom is 0.340 e. The van der Waals surface area contributed by atoms with Crippen molar-refractivity contribution in [1.82, 2.24) is 4.72 Å². The van der Waals surface area contributed by atoms with Crippen LogP contribution in [0.2, 0.25) is 0 Å².